The summed E-state index contributed by atoms with van der Waals surface area (Å²) in [6, 6.07) is 10.7. The topological polar surface area (TPSA) is 98.9 Å². The second-order valence-corrected chi connectivity index (χ2v) is 6.03. The largest absolute Gasteiger partial charge is 0.353 e. The van der Waals surface area contributed by atoms with E-state index in [1.807, 2.05) is 30.3 Å². The molecule has 0 aliphatic rings. The smallest absolute Gasteiger partial charge is 0.256 e. The monoisotopic (exact) mass is 365 g/mol. The molecule has 0 unspecified atom stereocenters. The van der Waals surface area contributed by atoms with Crippen molar-refractivity contribution < 1.29 is 4.79 Å². The van der Waals surface area contributed by atoms with Gasteiger partial charge in [-0.2, -0.15) is 0 Å². The molecule has 1 N–H and O–H groups in total. The molecule has 3 rings (SSSR count). The lowest BCUT2D eigenvalue weighted by Crippen LogP contribution is -2.35. The van der Waals surface area contributed by atoms with Crippen molar-refractivity contribution in [1.29, 1.82) is 0 Å². The Morgan fingerprint density at radius 3 is 2.63 bits per heavy atom. The van der Waals surface area contributed by atoms with Gasteiger partial charge in [-0.25, -0.2) is 9.97 Å². The first-order valence-corrected chi connectivity index (χ1v) is 8.44. The second-order valence-electron chi connectivity index (χ2n) is 6.03. The molecule has 138 valence electrons. The highest BCUT2D eigenvalue weighted by molar-refractivity contribution is 5.75. The molecule has 0 radical (unpaired) electrons. The van der Waals surface area contributed by atoms with Gasteiger partial charge in [0.1, 0.15) is 6.54 Å². The summed E-state index contributed by atoms with van der Waals surface area (Å²) in [7, 11) is 0. The first kappa shape index (κ1) is 18.2. The van der Waals surface area contributed by atoms with Crippen LogP contribution in [0.4, 0.5) is 0 Å². The Kier molecular flexibility index (Phi) is 5.55. The molecular formula is C19H19N5O3. The lowest BCUT2D eigenvalue weighted by atomic mass is 10.1. The van der Waals surface area contributed by atoms with Crippen molar-refractivity contribution >= 4 is 5.91 Å². The molecule has 2 aromatic heterocycles. The molecule has 0 aliphatic heterocycles. The van der Waals surface area contributed by atoms with Gasteiger partial charge in [-0.05, 0) is 6.92 Å². The summed E-state index contributed by atoms with van der Waals surface area (Å²) in [5, 5.41) is 2.69. The Morgan fingerprint density at radius 2 is 1.89 bits per heavy atom. The Balaban J connectivity index is 1.59. The van der Waals surface area contributed by atoms with Crippen molar-refractivity contribution in [3.05, 3.63) is 81.5 Å². The molecule has 0 fully saturated rings. The van der Waals surface area contributed by atoms with E-state index in [0.29, 0.717) is 17.8 Å². The van der Waals surface area contributed by atoms with Gasteiger partial charge in [-0.1, -0.05) is 30.3 Å². The molecule has 0 aliphatic carbocycles. The van der Waals surface area contributed by atoms with E-state index >= 15 is 0 Å². The first-order chi connectivity index (χ1) is 13.0. The third-order valence-corrected chi connectivity index (χ3v) is 4.01. The van der Waals surface area contributed by atoms with Crippen molar-refractivity contribution in [3.8, 4) is 11.3 Å². The molecule has 2 heterocycles. The number of carbonyl (C=O) groups is 1. The standard InChI is InChI=1S/C19H19N5O3/c1-14-10-20-12-23(19(14)27)8-7-21-17(25)11-24-13-22-16(9-18(24)26)15-5-3-2-4-6-15/h2-6,9-10,12-13H,7-8,11H2,1H3,(H,21,25). The molecule has 1 aromatic carbocycles. The minimum absolute atomic E-state index is 0.137. The molecule has 8 heteroatoms. The highest BCUT2D eigenvalue weighted by Crippen LogP contribution is 2.13. The lowest BCUT2D eigenvalue weighted by molar-refractivity contribution is -0.121. The van der Waals surface area contributed by atoms with Crippen molar-refractivity contribution in [2.24, 2.45) is 0 Å². The highest BCUT2D eigenvalue weighted by Gasteiger charge is 2.07. The van der Waals surface area contributed by atoms with Crippen LogP contribution in [0.5, 0.6) is 0 Å². The summed E-state index contributed by atoms with van der Waals surface area (Å²) >= 11 is 0. The van der Waals surface area contributed by atoms with Crippen LogP contribution >= 0.6 is 0 Å². The third-order valence-electron chi connectivity index (χ3n) is 4.01. The van der Waals surface area contributed by atoms with Crippen molar-refractivity contribution in [1.82, 2.24) is 24.4 Å². The van der Waals surface area contributed by atoms with E-state index in [2.05, 4.69) is 15.3 Å². The summed E-state index contributed by atoms with van der Waals surface area (Å²) in [6.45, 7) is 2.11. The fourth-order valence-electron chi connectivity index (χ4n) is 2.56. The van der Waals surface area contributed by atoms with Crippen LogP contribution in [-0.2, 0) is 17.9 Å². The van der Waals surface area contributed by atoms with Crippen LogP contribution < -0.4 is 16.4 Å². The summed E-state index contributed by atoms with van der Waals surface area (Å²) in [5.74, 6) is -0.333. The van der Waals surface area contributed by atoms with Crippen LogP contribution in [-0.4, -0.2) is 31.6 Å². The number of rotatable bonds is 6. The second kappa shape index (κ2) is 8.22. The van der Waals surface area contributed by atoms with Gasteiger partial charge in [0.05, 0.1) is 18.3 Å². The van der Waals surface area contributed by atoms with Crippen molar-refractivity contribution in [2.75, 3.05) is 6.54 Å². The van der Waals surface area contributed by atoms with E-state index in [1.165, 1.54) is 34.1 Å². The van der Waals surface area contributed by atoms with Gasteiger partial charge in [0.2, 0.25) is 5.91 Å². The quantitative estimate of drug-likeness (QED) is 0.689. The summed E-state index contributed by atoms with van der Waals surface area (Å²) in [4.78, 5) is 44.4. The summed E-state index contributed by atoms with van der Waals surface area (Å²) in [6.07, 6.45) is 4.29. The minimum Gasteiger partial charge on any atom is -0.353 e. The van der Waals surface area contributed by atoms with Gasteiger partial charge in [-0.3, -0.25) is 23.5 Å². The molecule has 0 atom stereocenters. The van der Waals surface area contributed by atoms with E-state index in [1.54, 1.807) is 6.92 Å². The van der Waals surface area contributed by atoms with Crippen molar-refractivity contribution in [2.45, 2.75) is 20.0 Å². The maximum absolute atomic E-state index is 12.2. The molecule has 0 spiro atoms. The molecular weight excluding hydrogens is 346 g/mol. The van der Waals surface area contributed by atoms with E-state index < -0.39 is 0 Å². The SMILES string of the molecule is Cc1cncn(CCNC(=O)Cn2cnc(-c3ccccc3)cc2=O)c1=O. The number of amides is 1. The van der Waals surface area contributed by atoms with Gasteiger partial charge in [0.25, 0.3) is 11.1 Å². The maximum atomic E-state index is 12.2. The van der Waals surface area contributed by atoms with E-state index in [9.17, 15) is 14.4 Å². The minimum atomic E-state index is -0.333. The van der Waals surface area contributed by atoms with Crippen LogP contribution in [0.25, 0.3) is 11.3 Å². The number of aromatic nitrogens is 4. The summed E-state index contributed by atoms with van der Waals surface area (Å²) < 4.78 is 2.67. The number of hydrogen-bond acceptors (Lipinski definition) is 5. The molecule has 0 saturated heterocycles. The summed E-state index contributed by atoms with van der Waals surface area (Å²) in [5.41, 5.74) is 1.49. The zero-order valence-electron chi connectivity index (χ0n) is 14.8. The predicted molar refractivity (Wildman–Crippen MR) is 100 cm³/mol. The first-order valence-electron chi connectivity index (χ1n) is 8.44. The van der Waals surface area contributed by atoms with Crippen LogP contribution in [0.15, 0.2) is 64.8 Å². The molecule has 0 saturated carbocycles. The van der Waals surface area contributed by atoms with E-state index in [4.69, 9.17) is 0 Å². The third kappa shape index (κ3) is 4.55. The Labute approximate surface area is 155 Å². The number of aryl methyl sites for hydroxylation is 1. The average Bonchev–Trinajstić information content (AvgIpc) is 2.67. The zero-order valence-corrected chi connectivity index (χ0v) is 14.8. The molecule has 3 aromatic rings. The lowest BCUT2D eigenvalue weighted by Gasteiger charge is -2.09. The fraction of sp³-hybridized carbons (Fsp3) is 0.211. The number of nitrogens with one attached hydrogen (secondary N) is 1. The molecule has 1 amide bonds. The Morgan fingerprint density at radius 1 is 1.11 bits per heavy atom. The molecule has 27 heavy (non-hydrogen) atoms. The van der Waals surface area contributed by atoms with Gasteiger partial charge < -0.3 is 5.32 Å². The fourth-order valence-corrected chi connectivity index (χ4v) is 2.56. The van der Waals surface area contributed by atoms with Crippen molar-refractivity contribution in [3.63, 3.8) is 0 Å². The van der Waals surface area contributed by atoms with Crippen LogP contribution in [0.3, 0.4) is 0 Å². The highest BCUT2D eigenvalue weighted by atomic mass is 16.2. The molecule has 8 nitrogen and oxygen atoms in total. The van der Waals surface area contributed by atoms with Crippen LogP contribution in [0.2, 0.25) is 0 Å². The van der Waals surface area contributed by atoms with Gasteiger partial charge in [0, 0.05) is 36.5 Å². The Hall–Kier alpha value is -3.55. The van der Waals surface area contributed by atoms with Crippen LogP contribution in [0, 0.1) is 6.92 Å². The number of benzene rings is 1. The maximum Gasteiger partial charge on any atom is 0.256 e. The van der Waals surface area contributed by atoms with E-state index in [-0.39, 0.29) is 30.1 Å². The van der Waals surface area contributed by atoms with Gasteiger partial charge >= 0.3 is 0 Å². The molecule has 0 bridgehead atoms. The van der Waals surface area contributed by atoms with Crippen LogP contribution in [0.1, 0.15) is 5.56 Å². The zero-order chi connectivity index (χ0) is 19.2. The number of carbonyl (C=O) groups excluding carboxylic acids is 1. The number of hydrogen-bond donors (Lipinski definition) is 1. The Bertz CT molecular complexity index is 1060. The number of nitrogens with zero attached hydrogens (tertiary/aromatic N) is 4. The predicted octanol–water partition coefficient (Wildman–Crippen LogP) is 0.592. The average molecular weight is 365 g/mol. The normalized spacial score (nSPS) is 10.6. The van der Waals surface area contributed by atoms with E-state index in [0.717, 1.165) is 5.56 Å². The van der Waals surface area contributed by atoms with Gasteiger partial charge in [-0.15, -0.1) is 0 Å². The van der Waals surface area contributed by atoms with Gasteiger partial charge in [0.15, 0.2) is 0 Å².